The third-order valence-electron chi connectivity index (χ3n) is 1.91. The highest BCUT2D eigenvalue weighted by atomic mass is 79.9. The first-order valence-corrected chi connectivity index (χ1v) is 5.29. The summed E-state index contributed by atoms with van der Waals surface area (Å²) in [5.74, 6) is -6.25. The Balaban J connectivity index is 3.04. The summed E-state index contributed by atoms with van der Waals surface area (Å²) >= 11 is 2.74. The lowest BCUT2D eigenvalue weighted by Gasteiger charge is -2.07. The summed E-state index contributed by atoms with van der Waals surface area (Å²) in [5, 5.41) is 8.44. The van der Waals surface area contributed by atoms with E-state index in [2.05, 4.69) is 15.9 Å². The zero-order valence-electron chi connectivity index (χ0n) is 8.21. The Morgan fingerprint density at radius 2 is 1.71 bits per heavy atom. The van der Waals surface area contributed by atoms with Gasteiger partial charge in [0.1, 0.15) is 5.82 Å². The van der Waals surface area contributed by atoms with E-state index in [1.165, 1.54) is 0 Å². The summed E-state index contributed by atoms with van der Waals surface area (Å²) in [4.78, 5) is 20.7. The Morgan fingerprint density at radius 3 is 2.24 bits per heavy atom. The van der Waals surface area contributed by atoms with Crippen molar-refractivity contribution in [3.8, 4) is 0 Å². The molecule has 17 heavy (non-hydrogen) atoms. The summed E-state index contributed by atoms with van der Waals surface area (Å²) in [6.07, 6.45) is -0.586. The van der Waals surface area contributed by atoms with Crippen LogP contribution in [0.15, 0.2) is 12.1 Å². The number of ketones is 1. The highest BCUT2D eigenvalue weighted by Crippen LogP contribution is 2.19. The Labute approximate surface area is 102 Å². The quantitative estimate of drug-likeness (QED) is 0.528. The fourth-order valence-corrected chi connectivity index (χ4v) is 1.65. The van der Waals surface area contributed by atoms with Gasteiger partial charge in [0.15, 0.2) is 17.4 Å². The van der Waals surface area contributed by atoms with Crippen LogP contribution in [0.2, 0.25) is 0 Å². The number of halogens is 4. The van der Waals surface area contributed by atoms with Gasteiger partial charge in [0.2, 0.25) is 0 Å². The van der Waals surface area contributed by atoms with Gasteiger partial charge in [-0.1, -0.05) is 15.9 Å². The van der Waals surface area contributed by atoms with E-state index in [1.54, 1.807) is 0 Å². The van der Waals surface area contributed by atoms with E-state index >= 15 is 0 Å². The van der Waals surface area contributed by atoms with E-state index in [0.717, 1.165) is 0 Å². The van der Waals surface area contributed by atoms with Crippen LogP contribution in [0.25, 0.3) is 0 Å². The maximum Gasteiger partial charge on any atom is 0.304 e. The van der Waals surface area contributed by atoms with Crippen LogP contribution in [0.5, 0.6) is 0 Å². The largest absolute Gasteiger partial charge is 0.481 e. The van der Waals surface area contributed by atoms with Crippen LogP contribution >= 0.6 is 15.9 Å². The van der Waals surface area contributed by atoms with Crippen LogP contribution in [0, 0.1) is 17.5 Å². The lowest BCUT2D eigenvalue weighted by Crippen LogP contribution is -2.19. The zero-order chi connectivity index (χ0) is 13.2. The van der Waals surface area contributed by atoms with Crippen molar-refractivity contribution in [1.82, 2.24) is 0 Å². The molecule has 0 heterocycles. The van der Waals surface area contributed by atoms with Crippen LogP contribution in [0.3, 0.4) is 0 Å². The number of rotatable bonds is 4. The molecule has 0 saturated heterocycles. The molecule has 0 aliphatic heterocycles. The SMILES string of the molecule is O=C(O)CC(Br)C(=O)c1cc(F)c(F)cc1F. The summed E-state index contributed by atoms with van der Waals surface area (Å²) in [5.41, 5.74) is -0.688. The molecule has 0 amide bonds. The Kier molecular flexibility index (Phi) is 4.28. The highest BCUT2D eigenvalue weighted by molar-refractivity contribution is 9.10. The van der Waals surface area contributed by atoms with Crippen molar-refractivity contribution in [3.63, 3.8) is 0 Å². The highest BCUT2D eigenvalue weighted by Gasteiger charge is 2.24. The molecular formula is C10H6BrF3O3. The van der Waals surface area contributed by atoms with Crippen molar-refractivity contribution in [2.75, 3.05) is 0 Å². The normalized spacial score (nSPS) is 12.2. The second-order valence-corrected chi connectivity index (χ2v) is 4.28. The van der Waals surface area contributed by atoms with Gasteiger partial charge in [-0.25, -0.2) is 13.2 Å². The minimum atomic E-state index is -1.41. The van der Waals surface area contributed by atoms with Crippen LogP contribution in [0.1, 0.15) is 16.8 Å². The van der Waals surface area contributed by atoms with E-state index < -0.39 is 46.0 Å². The molecular weight excluding hydrogens is 305 g/mol. The molecule has 0 radical (unpaired) electrons. The second-order valence-electron chi connectivity index (χ2n) is 3.18. The van der Waals surface area contributed by atoms with Gasteiger partial charge in [-0.05, 0) is 6.07 Å². The van der Waals surface area contributed by atoms with E-state index in [-0.39, 0.29) is 6.07 Å². The molecule has 0 spiro atoms. The van der Waals surface area contributed by atoms with Crippen LogP contribution in [0.4, 0.5) is 13.2 Å². The minimum absolute atomic E-state index is 0.239. The summed E-state index contributed by atoms with van der Waals surface area (Å²) in [6, 6.07) is 0.645. The summed E-state index contributed by atoms with van der Waals surface area (Å²) in [6.45, 7) is 0. The molecule has 0 bridgehead atoms. The van der Waals surface area contributed by atoms with Crippen molar-refractivity contribution in [1.29, 1.82) is 0 Å². The second kappa shape index (κ2) is 5.31. The number of carboxylic acids is 1. The fourth-order valence-electron chi connectivity index (χ4n) is 1.13. The van der Waals surface area contributed by atoms with Gasteiger partial charge in [-0.2, -0.15) is 0 Å². The zero-order valence-corrected chi connectivity index (χ0v) is 9.80. The van der Waals surface area contributed by atoms with Crippen molar-refractivity contribution in [2.45, 2.75) is 11.2 Å². The first kappa shape index (κ1) is 13.7. The van der Waals surface area contributed by atoms with E-state index in [1.807, 2.05) is 0 Å². The lowest BCUT2D eigenvalue weighted by molar-refractivity contribution is -0.136. The average molecular weight is 311 g/mol. The predicted octanol–water partition coefficient (Wildman–Crippen LogP) is 2.52. The molecule has 1 aromatic rings. The number of alkyl halides is 1. The molecule has 1 N–H and O–H groups in total. The Bertz CT molecular complexity index is 476. The third kappa shape index (κ3) is 3.29. The summed E-state index contributed by atoms with van der Waals surface area (Å²) < 4.78 is 38.6. The minimum Gasteiger partial charge on any atom is -0.481 e. The molecule has 1 aromatic carbocycles. The molecule has 3 nitrogen and oxygen atoms in total. The van der Waals surface area contributed by atoms with Gasteiger partial charge in [0, 0.05) is 6.07 Å². The lowest BCUT2D eigenvalue weighted by atomic mass is 10.1. The Morgan fingerprint density at radius 1 is 1.18 bits per heavy atom. The maximum absolute atomic E-state index is 13.2. The number of carbonyl (C=O) groups is 2. The van der Waals surface area contributed by atoms with Crippen LogP contribution in [-0.4, -0.2) is 21.7 Å². The fraction of sp³-hybridized carbons (Fsp3) is 0.200. The van der Waals surface area contributed by atoms with E-state index in [9.17, 15) is 22.8 Å². The molecule has 0 aromatic heterocycles. The number of Topliss-reactive ketones (excluding diaryl/α,β-unsaturated/α-hetero) is 1. The molecule has 92 valence electrons. The molecule has 0 saturated carbocycles. The van der Waals surface area contributed by atoms with Gasteiger partial charge in [0.25, 0.3) is 0 Å². The van der Waals surface area contributed by atoms with Crippen LogP contribution < -0.4 is 0 Å². The number of carboxylic acid groups (broad SMARTS) is 1. The van der Waals surface area contributed by atoms with Crippen molar-refractivity contribution >= 4 is 27.7 Å². The Hall–Kier alpha value is -1.37. The maximum atomic E-state index is 13.2. The standard InChI is InChI=1S/C10H6BrF3O3/c11-5(2-9(15)16)10(17)4-1-7(13)8(14)3-6(4)12/h1,3,5H,2H2,(H,15,16). The number of aliphatic carboxylic acids is 1. The van der Waals surface area contributed by atoms with Gasteiger partial charge in [-0.3, -0.25) is 9.59 Å². The molecule has 1 rings (SSSR count). The van der Waals surface area contributed by atoms with Crippen molar-refractivity contribution in [2.24, 2.45) is 0 Å². The monoisotopic (exact) mass is 310 g/mol. The molecule has 1 atom stereocenters. The smallest absolute Gasteiger partial charge is 0.304 e. The summed E-state index contributed by atoms with van der Waals surface area (Å²) in [7, 11) is 0. The molecule has 0 aliphatic rings. The molecule has 7 heteroatoms. The van der Waals surface area contributed by atoms with E-state index in [4.69, 9.17) is 5.11 Å². The van der Waals surface area contributed by atoms with Gasteiger partial charge < -0.3 is 5.11 Å². The van der Waals surface area contributed by atoms with Crippen molar-refractivity contribution < 1.29 is 27.9 Å². The van der Waals surface area contributed by atoms with Gasteiger partial charge in [0.05, 0.1) is 16.8 Å². The van der Waals surface area contributed by atoms with Gasteiger partial charge in [-0.15, -0.1) is 0 Å². The first-order chi connectivity index (χ1) is 7.82. The molecule has 0 fully saturated rings. The number of benzene rings is 1. The number of carbonyl (C=O) groups excluding carboxylic acids is 1. The number of hydrogen-bond acceptors (Lipinski definition) is 2. The molecule has 0 aliphatic carbocycles. The first-order valence-electron chi connectivity index (χ1n) is 4.37. The molecule has 1 unspecified atom stereocenters. The van der Waals surface area contributed by atoms with E-state index in [0.29, 0.717) is 6.07 Å². The van der Waals surface area contributed by atoms with Crippen LogP contribution in [-0.2, 0) is 4.79 Å². The van der Waals surface area contributed by atoms with Gasteiger partial charge >= 0.3 is 5.97 Å². The van der Waals surface area contributed by atoms with Crippen molar-refractivity contribution in [3.05, 3.63) is 35.1 Å². The topological polar surface area (TPSA) is 54.4 Å². The third-order valence-corrected chi connectivity index (χ3v) is 2.65. The number of hydrogen-bond donors (Lipinski definition) is 1. The average Bonchev–Trinajstić information content (AvgIpc) is 2.21. The predicted molar refractivity (Wildman–Crippen MR) is 55.6 cm³/mol.